The van der Waals surface area contributed by atoms with E-state index in [1.807, 2.05) is 6.92 Å². The van der Waals surface area contributed by atoms with Crippen molar-refractivity contribution in [3.63, 3.8) is 0 Å². The first kappa shape index (κ1) is 17.4. The minimum Gasteiger partial charge on any atom is -0.388 e. The van der Waals surface area contributed by atoms with Gasteiger partial charge in [-0.25, -0.2) is 0 Å². The molecule has 0 bridgehead atoms. The Kier molecular flexibility index (Phi) is 7.49. The number of hydrogen-bond donors (Lipinski definition) is 1. The monoisotopic (exact) mass is 331 g/mol. The van der Waals surface area contributed by atoms with E-state index in [4.69, 9.17) is 23.2 Å². The molecule has 2 nitrogen and oxygen atoms in total. The van der Waals surface area contributed by atoms with Gasteiger partial charge in [0.05, 0.1) is 4.91 Å². The zero-order chi connectivity index (χ0) is 15.1. The summed E-state index contributed by atoms with van der Waals surface area (Å²) in [7, 11) is 0. The van der Waals surface area contributed by atoms with Crippen molar-refractivity contribution in [3.05, 3.63) is 38.8 Å². The quantitative estimate of drug-likeness (QED) is 0.417. The van der Waals surface area contributed by atoms with Gasteiger partial charge in [0.15, 0.2) is 5.78 Å². The standard InChI is InChI=1S/C15H19Cl2NOS/c1-4-5-6-18-10(2)15(11(3)19)20-14-8-12(16)7-13(17)9-14/h7-9,18H,4-6H2,1-3H3/b15-10+. The third-order valence-corrected chi connectivity index (χ3v) is 4.34. The van der Waals surface area contributed by atoms with Crippen molar-refractivity contribution in [2.45, 2.75) is 38.5 Å². The molecule has 0 spiro atoms. The number of hydrogen-bond acceptors (Lipinski definition) is 3. The summed E-state index contributed by atoms with van der Waals surface area (Å²) in [6.45, 7) is 6.50. The largest absolute Gasteiger partial charge is 0.388 e. The van der Waals surface area contributed by atoms with Crippen LogP contribution in [0.25, 0.3) is 0 Å². The predicted octanol–water partition coefficient (Wildman–Crippen LogP) is 5.30. The third-order valence-electron chi connectivity index (χ3n) is 2.64. The highest BCUT2D eigenvalue weighted by atomic mass is 35.5. The van der Waals surface area contributed by atoms with Crippen LogP contribution in [0.4, 0.5) is 0 Å². The molecule has 0 fully saturated rings. The maximum absolute atomic E-state index is 11.8. The number of unbranched alkanes of at least 4 members (excludes halogenated alkanes) is 1. The number of carbonyl (C=O) groups is 1. The second-order valence-electron chi connectivity index (χ2n) is 4.50. The molecule has 1 aromatic carbocycles. The minimum absolute atomic E-state index is 0.0348. The van der Waals surface area contributed by atoms with Gasteiger partial charge in [-0.15, -0.1) is 0 Å². The molecule has 1 rings (SSSR count). The van der Waals surface area contributed by atoms with Crippen LogP contribution >= 0.6 is 35.0 Å². The van der Waals surface area contributed by atoms with E-state index in [1.54, 1.807) is 25.1 Å². The van der Waals surface area contributed by atoms with Crippen molar-refractivity contribution < 1.29 is 4.79 Å². The number of carbonyl (C=O) groups excluding carboxylic acids is 1. The summed E-state index contributed by atoms with van der Waals surface area (Å²) in [5.74, 6) is 0.0348. The Morgan fingerprint density at radius 2 is 1.80 bits per heavy atom. The molecular weight excluding hydrogens is 313 g/mol. The molecule has 0 saturated heterocycles. The number of allylic oxidation sites excluding steroid dienone is 2. The fourth-order valence-corrected chi connectivity index (χ4v) is 3.28. The molecule has 1 N–H and O–H groups in total. The molecule has 0 amide bonds. The molecule has 1 aromatic rings. The average Bonchev–Trinajstić information content (AvgIpc) is 2.34. The number of halogens is 2. The van der Waals surface area contributed by atoms with Crippen molar-refractivity contribution >= 4 is 40.7 Å². The first-order chi connectivity index (χ1) is 9.43. The lowest BCUT2D eigenvalue weighted by Crippen LogP contribution is -2.15. The Labute approximate surface area is 134 Å². The van der Waals surface area contributed by atoms with E-state index < -0.39 is 0 Å². The van der Waals surface area contributed by atoms with E-state index in [-0.39, 0.29) is 5.78 Å². The number of nitrogens with one attached hydrogen (secondary N) is 1. The number of Topliss-reactive ketones (excluding diaryl/α,β-unsaturated/α-hetero) is 1. The van der Waals surface area contributed by atoms with Crippen LogP contribution in [0.15, 0.2) is 33.7 Å². The van der Waals surface area contributed by atoms with Crippen LogP contribution in [0.1, 0.15) is 33.6 Å². The molecule has 0 saturated carbocycles. The van der Waals surface area contributed by atoms with Crippen molar-refractivity contribution in [2.24, 2.45) is 0 Å². The second-order valence-corrected chi connectivity index (χ2v) is 6.45. The molecule has 110 valence electrons. The normalized spacial score (nSPS) is 12.1. The molecule has 0 unspecified atom stereocenters. The van der Waals surface area contributed by atoms with Crippen LogP contribution < -0.4 is 5.32 Å². The Hall–Kier alpha value is -0.640. The molecular formula is C15H19Cl2NOS. The van der Waals surface area contributed by atoms with Gasteiger partial charge in [-0.05, 0) is 38.5 Å². The molecule has 5 heteroatoms. The number of ketones is 1. The van der Waals surface area contributed by atoms with Gasteiger partial charge in [0.2, 0.25) is 0 Å². The maximum Gasteiger partial charge on any atom is 0.168 e. The van der Waals surface area contributed by atoms with Crippen molar-refractivity contribution in [3.8, 4) is 0 Å². The molecule has 0 aliphatic heterocycles. The van der Waals surface area contributed by atoms with Gasteiger partial charge in [-0.1, -0.05) is 48.3 Å². The summed E-state index contributed by atoms with van der Waals surface area (Å²) in [6.07, 6.45) is 2.20. The van der Waals surface area contributed by atoms with Crippen LogP contribution in [0.5, 0.6) is 0 Å². The Morgan fingerprint density at radius 3 is 2.30 bits per heavy atom. The summed E-state index contributed by atoms with van der Waals surface area (Å²) < 4.78 is 0. The fraction of sp³-hybridized carbons (Fsp3) is 0.400. The molecule has 0 aliphatic carbocycles. The first-order valence-electron chi connectivity index (χ1n) is 6.53. The lowest BCUT2D eigenvalue weighted by Gasteiger charge is -2.12. The molecule has 0 aromatic heterocycles. The van der Waals surface area contributed by atoms with E-state index in [0.717, 1.165) is 30.0 Å². The van der Waals surface area contributed by atoms with Crippen LogP contribution in [-0.2, 0) is 4.79 Å². The zero-order valence-electron chi connectivity index (χ0n) is 11.9. The highest BCUT2D eigenvalue weighted by Crippen LogP contribution is 2.33. The summed E-state index contributed by atoms with van der Waals surface area (Å²) in [5, 5.41) is 4.42. The van der Waals surface area contributed by atoms with Gasteiger partial charge >= 0.3 is 0 Å². The lowest BCUT2D eigenvalue weighted by atomic mass is 10.3. The van der Waals surface area contributed by atoms with Crippen LogP contribution in [0.3, 0.4) is 0 Å². The predicted molar refractivity (Wildman–Crippen MR) is 88.6 cm³/mol. The third kappa shape index (κ3) is 5.78. The lowest BCUT2D eigenvalue weighted by molar-refractivity contribution is -0.113. The summed E-state index contributed by atoms with van der Waals surface area (Å²) in [4.78, 5) is 13.4. The number of benzene rings is 1. The maximum atomic E-state index is 11.8. The van der Waals surface area contributed by atoms with E-state index in [0.29, 0.717) is 15.0 Å². The molecule has 0 atom stereocenters. The van der Waals surface area contributed by atoms with Crippen molar-refractivity contribution in [1.29, 1.82) is 0 Å². The Morgan fingerprint density at radius 1 is 1.20 bits per heavy atom. The molecule has 0 radical (unpaired) electrons. The summed E-state index contributed by atoms with van der Waals surface area (Å²) >= 11 is 13.4. The summed E-state index contributed by atoms with van der Waals surface area (Å²) in [6, 6.07) is 5.29. The van der Waals surface area contributed by atoms with E-state index >= 15 is 0 Å². The topological polar surface area (TPSA) is 29.1 Å². The van der Waals surface area contributed by atoms with Gasteiger partial charge in [0, 0.05) is 27.2 Å². The van der Waals surface area contributed by atoms with Gasteiger partial charge in [0.25, 0.3) is 0 Å². The highest BCUT2D eigenvalue weighted by Gasteiger charge is 2.11. The van der Waals surface area contributed by atoms with Crippen molar-refractivity contribution in [2.75, 3.05) is 6.54 Å². The van der Waals surface area contributed by atoms with Crippen molar-refractivity contribution in [1.82, 2.24) is 5.32 Å². The van der Waals surface area contributed by atoms with Gasteiger partial charge < -0.3 is 5.32 Å². The molecule has 0 heterocycles. The minimum atomic E-state index is 0.0348. The molecule has 20 heavy (non-hydrogen) atoms. The second kappa shape index (κ2) is 8.60. The smallest absolute Gasteiger partial charge is 0.168 e. The first-order valence-corrected chi connectivity index (χ1v) is 8.11. The number of thioether (sulfide) groups is 1. The number of rotatable bonds is 7. The summed E-state index contributed by atoms with van der Waals surface area (Å²) in [5.41, 5.74) is 0.895. The van der Waals surface area contributed by atoms with Crippen LogP contribution in [0.2, 0.25) is 10.0 Å². The van der Waals surface area contributed by atoms with Crippen LogP contribution in [-0.4, -0.2) is 12.3 Å². The van der Waals surface area contributed by atoms with E-state index in [9.17, 15) is 4.79 Å². The zero-order valence-corrected chi connectivity index (χ0v) is 14.3. The van der Waals surface area contributed by atoms with E-state index in [1.165, 1.54) is 11.8 Å². The van der Waals surface area contributed by atoms with Gasteiger partial charge in [0.1, 0.15) is 0 Å². The fourth-order valence-electron chi connectivity index (χ4n) is 1.65. The molecule has 0 aliphatic rings. The highest BCUT2D eigenvalue weighted by molar-refractivity contribution is 8.04. The van der Waals surface area contributed by atoms with Crippen LogP contribution in [0, 0.1) is 0 Å². The van der Waals surface area contributed by atoms with E-state index in [2.05, 4.69) is 12.2 Å². The van der Waals surface area contributed by atoms with Gasteiger partial charge in [-0.3, -0.25) is 4.79 Å². The average molecular weight is 332 g/mol. The SMILES string of the molecule is CCCCN/C(C)=C(/Sc1cc(Cl)cc(Cl)c1)C(C)=O. The van der Waals surface area contributed by atoms with Gasteiger partial charge in [-0.2, -0.15) is 0 Å². The Bertz CT molecular complexity index is 494. The Balaban J connectivity index is 2.91.